The van der Waals surface area contributed by atoms with Crippen LogP contribution in [0.1, 0.15) is 26.2 Å². The van der Waals surface area contributed by atoms with Crippen molar-refractivity contribution in [3.8, 4) is 0 Å². The first kappa shape index (κ1) is 16.2. The second kappa shape index (κ2) is 7.22. The fourth-order valence-corrected chi connectivity index (χ4v) is 3.33. The molecule has 2 fully saturated rings. The fourth-order valence-electron chi connectivity index (χ4n) is 3.33. The number of likely N-dealkylation sites (N-methyl/N-ethyl adjacent to an activating group) is 1. The first-order valence-corrected chi connectivity index (χ1v) is 8.04. The predicted octanol–water partition coefficient (Wildman–Crippen LogP) is -0.344. The first-order valence-electron chi connectivity index (χ1n) is 8.04. The van der Waals surface area contributed by atoms with Crippen molar-refractivity contribution in [3.63, 3.8) is 0 Å². The van der Waals surface area contributed by atoms with Gasteiger partial charge in [0.05, 0.1) is 12.0 Å². The maximum absolute atomic E-state index is 12.9. The summed E-state index contributed by atoms with van der Waals surface area (Å²) in [5.41, 5.74) is -0.207. The summed E-state index contributed by atoms with van der Waals surface area (Å²) in [6.45, 7) is 7.41. The molecule has 2 amide bonds. The number of piperazine rings is 1. The van der Waals surface area contributed by atoms with Crippen molar-refractivity contribution in [3.05, 3.63) is 0 Å². The van der Waals surface area contributed by atoms with E-state index in [4.69, 9.17) is 0 Å². The molecule has 2 aliphatic rings. The van der Waals surface area contributed by atoms with E-state index in [0.29, 0.717) is 12.5 Å². The van der Waals surface area contributed by atoms with Gasteiger partial charge in [0.15, 0.2) is 0 Å². The number of amides is 2. The summed E-state index contributed by atoms with van der Waals surface area (Å²) in [4.78, 5) is 28.4. The van der Waals surface area contributed by atoms with Crippen LogP contribution in [0.25, 0.3) is 0 Å². The van der Waals surface area contributed by atoms with E-state index in [1.54, 1.807) is 7.05 Å². The molecule has 0 saturated carbocycles. The van der Waals surface area contributed by atoms with Gasteiger partial charge in [0.1, 0.15) is 0 Å². The second-order valence-electron chi connectivity index (χ2n) is 6.16. The molecule has 6 nitrogen and oxygen atoms in total. The van der Waals surface area contributed by atoms with E-state index in [1.165, 1.54) is 0 Å². The minimum atomic E-state index is -0.207. The predicted molar refractivity (Wildman–Crippen MR) is 81.9 cm³/mol. The maximum Gasteiger partial charge on any atom is 0.233 e. The molecule has 0 aliphatic carbocycles. The van der Waals surface area contributed by atoms with E-state index in [0.717, 1.165) is 58.5 Å². The third-order valence-corrected chi connectivity index (χ3v) is 4.91. The van der Waals surface area contributed by atoms with Gasteiger partial charge >= 0.3 is 0 Å². The monoisotopic (exact) mass is 296 g/mol. The lowest BCUT2D eigenvalue weighted by Crippen LogP contribution is -2.57. The van der Waals surface area contributed by atoms with Gasteiger partial charge in [-0.2, -0.15) is 0 Å². The zero-order chi connectivity index (χ0) is 15.3. The van der Waals surface area contributed by atoms with Crippen molar-refractivity contribution in [1.82, 2.24) is 20.4 Å². The van der Waals surface area contributed by atoms with Crippen molar-refractivity contribution >= 4 is 11.8 Å². The molecule has 0 spiro atoms. The van der Waals surface area contributed by atoms with Crippen LogP contribution < -0.4 is 10.6 Å². The normalized spacial score (nSPS) is 27.4. The lowest BCUT2D eigenvalue weighted by molar-refractivity contribution is -0.145. The van der Waals surface area contributed by atoms with Gasteiger partial charge in [-0.3, -0.25) is 14.5 Å². The molecule has 120 valence electrons. The molecule has 6 heteroatoms. The number of nitrogens with zero attached hydrogens (tertiary/aromatic N) is 2. The van der Waals surface area contributed by atoms with Crippen LogP contribution in [0.4, 0.5) is 0 Å². The van der Waals surface area contributed by atoms with Gasteiger partial charge in [-0.1, -0.05) is 6.92 Å². The van der Waals surface area contributed by atoms with Crippen molar-refractivity contribution in [2.24, 2.45) is 5.41 Å². The summed E-state index contributed by atoms with van der Waals surface area (Å²) in [6.07, 6.45) is 2.97. The number of rotatable bonds is 4. The Labute approximate surface area is 127 Å². The summed E-state index contributed by atoms with van der Waals surface area (Å²) in [7, 11) is 1.66. The Hall–Kier alpha value is -1.14. The maximum atomic E-state index is 12.9. The second-order valence-corrected chi connectivity index (χ2v) is 6.16. The molecule has 0 aromatic carbocycles. The molecule has 0 bridgehead atoms. The van der Waals surface area contributed by atoms with E-state index in [9.17, 15) is 9.59 Å². The van der Waals surface area contributed by atoms with E-state index in [1.807, 2.05) is 4.90 Å². The molecule has 0 aromatic heterocycles. The Morgan fingerprint density at radius 3 is 2.48 bits per heavy atom. The van der Waals surface area contributed by atoms with Gasteiger partial charge in [0, 0.05) is 39.8 Å². The third kappa shape index (κ3) is 3.74. The Bertz CT molecular complexity index is 372. The Morgan fingerprint density at radius 1 is 1.24 bits per heavy atom. The molecule has 2 heterocycles. The standard InChI is InChI=1S/C15H28N4O2/c1-3-15(5-4-6-17-12-15)14(21)19-9-7-18(8-10-19)11-13(20)16-2/h17H,3-12H2,1-2H3,(H,16,20). The quantitative estimate of drug-likeness (QED) is 0.745. The summed E-state index contributed by atoms with van der Waals surface area (Å²) in [5, 5.41) is 6.02. The number of nitrogens with one attached hydrogen (secondary N) is 2. The molecule has 21 heavy (non-hydrogen) atoms. The van der Waals surface area contributed by atoms with Crippen LogP contribution in [0, 0.1) is 5.41 Å². The third-order valence-electron chi connectivity index (χ3n) is 4.91. The minimum Gasteiger partial charge on any atom is -0.358 e. The van der Waals surface area contributed by atoms with Gasteiger partial charge in [-0.05, 0) is 25.8 Å². The lowest BCUT2D eigenvalue weighted by Gasteiger charge is -2.42. The molecule has 2 N–H and O–H groups in total. The number of carbonyl (C=O) groups excluding carboxylic acids is 2. The van der Waals surface area contributed by atoms with Crippen LogP contribution in [0.3, 0.4) is 0 Å². The largest absolute Gasteiger partial charge is 0.358 e. The fraction of sp³-hybridized carbons (Fsp3) is 0.867. The van der Waals surface area contributed by atoms with Crippen LogP contribution in [0.5, 0.6) is 0 Å². The van der Waals surface area contributed by atoms with Crippen LogP contribution in [-0.4, -0.2) is 74.5 Å². The molecule has 0 aromatic rings. The first-order chi connectivity index (χ1) is 10.1. The lowest BCUT2D eigenvalue weighted by atomic mass is 9.77. The van der Waals surface area contributed by atoms with Gasteiger partial charge in [0.25, 0.3) is 0 Å². The summed E-state index contributed by atoms with van der Waals surface area (Å²) >= 11 is 0. The van der Waals surface area contributed by atoms with E-state index >= 15 is 0 Å². The summed E-state index contributed by atoms with van der Waals surface area (Å²) in [5.74, 6) is 0.341. The zero-order valence-electron chi connectivity index (χ0n) is 13.3. The highest BCUT2D eigenvalue weighted by Gasteiger charge is 2.41. The van der Waals surface area contributed by atoms with Crippen LogP contribution in [0.2, 0.25) is 0 Å². The van der Waals surface area contributed by atoms with E-state index in [-0.39, 0.29) is 11.3 Å². The van der Waals surface area contributed by atoms with Crippen molar-refractivity contribution in [2.45, 2.75) is 26.2 Å². The zero-order valence-corrected chi connectivity index (χ0v) is 13.3. The summed E-state index contributed by atoms with van der Waals surface area (Å²) in [6, 6.07) is 0. The van der Waals surface area contributed by atoms with Crippen LogP contribution in [0.15, 0.2) is 0 Å². The molecular weight excluding hydrogens is 268 g/mol. The van der Waals surface area contributed by atoms with Gasteiger partial charge in [0.2, 0.25) is 11.8 Å². The molecule has 2 rings (SSSR count). The van der Waals surface area contributed by atoms with Crippen molar-refractivity contribution in [1.29, 1.82) is 0 Å². The number of hydrogen-bond donors (Lipinski definition) is 2. The van der Waals surface area contributed by atoms with Crippen LogP contribution in [-0.2, 0) is 9.59 Å². The molecule has 1 unspecified atom stereocenters. The number of carbonyl (C=O) groups is 2. The SMILES string of the molecule is CCC1(C(=O)N2CCN(CC(=O)NC)CC2)CCCNC1. The molecule has 2 aliphatic heterocycles. The molecular formula is C15H28N4O2. The smallest absolute Gasteiger partial charge is 0.233 e. The minimum absolute atomic E-state index is 0.0382. The van der Waals surface area contributed by atoms with E-state index in [2.05, 4.69) is 22.5 Å². The molecule has 1 atom stereocenters. The topological polar surface area (TPSA) is 64.7 Å². The average molecular weight is 296 g/mol. The Kier molecular flexibility index (Phi) is 5.58. The highest BCUT2D eigenvalue weighted by molar-refractivity contribution is 5.83. The van der Waals surface area contributed by atoms with E-state index < -0.39 is 0 Å². The van der Waals surface area contributed by atoms with Crippen molar-refractivity contribution < 1.29 is 9.59 Å². The van der Waals surface area contributed by atoms with Gasteiger partial charge < -0.3 is 15.5 Å². The highest BCUT2D eigenvalue weighted by atomic mass is 16.2. The van der Waals surface area contributed by atoms with Crippen LogP contribution >= 0.6 is 0 Å². The number of piperidine rings is 1. The summed E-state index contributed by atoms with van der Waals surface area (Å²) < 4.78 is 0. The Morgan fingerprint density at radius 2 is 1.95 bits per heavy atom. The molecule has 2 saturated heterocycles. The molecule has 0 radical (unpaired) electrons. The highest BCUT2D eigenvalue weighted by Crippen LogP contribution is 2.32. The van der Waals surface area contributed by atoms with Gasteiger partial charge in [-0.25, -0.2) is 0 Å². The Balaban J connectivity index is 1.88. The number of hydrogen-bond acceptors (Lipinski definition) is 4. The van der Waals surface area contributed by atoms with Crippen molar-refractivity contribution in [2.75, 3.05) is 52.9 Å². The average Bonchev–Trinajstić information content (AvgIpc) is 2.55. The van der Waals surface area contributed by atoms with Gasteiger partial charge in [-0.15, -0.1) is 0 Å².